The monoisotopic (exact) mass is 926 g/mol. The number of benzene rings is 12. The first kappa shape index (κ1) is 41.0. The van der Waals surface area contributed by atoms with Gasteiger partial charge in [0.2, 0.25) is 0 Å². The molecule has 2 heterocycles. The molecule has 12 aromatic carbocycles. The molecule has 2 aliphatic rings. The smallest absolute Gasteiger partial charge is 0.113 e. The van der Waals surface area contributed by atoms with Gasteiger partial charge in [0, 0.05) is 32.9 Å². The Bertz CT molecular complexity index is 3720. The quantitative estimate of drug-likeness (QED) is 0.153. The van der Waals surface area contributed by atoms with Crippen LogP contribution in [-0.2, 0) is 0 Å². The molecule has 332 valence electrons. The van der Waals surface area contributed by atoms with E-state index in [0.717, 1.165) is 0 Å². The van der Waals surface area contributed by atoms with E-state index in [9.17, 15) is 0 Å². The normalized spacial score (nSPS) is 13.9. The lowest BCUT2D eigenvalue weighted by atomic mass is 9.90. The molecular formula is C66H50N2Si2. The Labute approximate surface area is 411 Å². The maximum Gasteiger partial charge on any atom is 0.113 e. The average Bonchev–Trinajstić information content (AvgIpc) is 3.40. The van der Waals surface area contributed by atoms with Crippen LogP contribution in [0, 0.1) is 0 Å². The third-order valence-corrected chi connectivity index (χ3v) is 23.0. The van der Waals surface area contributed by atoms with Crippen LogP contribution in [0.5, 0.6) is 0 Å². The van der Waals surface area contributed by atoms with E-state index in [-0.39, 0.29) is 0 Å². The van der Waals surface area contributed by atoms with Crippen molar-refractivity contribution in [3.05, 3.63) is 231 Å². The van der Waals surface area contributed by atoms with Crippen molar-refractivity contribution < 1.29 is 0 Å². The van der Waals surface area contributed by atoms with Crippen molar-refractivity contribution in [2.75, 3.05) is 9.80 Å². The van der Waals surface area contributed by atoms with Crippen LogP contribution < -0.4 is 30.5 Å². The summed E-state index contributed by atoms with van der Waals surface area (Å²) >= 11 is 0. The second-order valence-electron chi connectivity index (χ2n) is 20.4. The van der Waals surface area contributed by atoms with E-state index in [1.54, 1.807) is 0 Å². The van der Waals surface area contributed by atoms with Crippen molar-refractivity contribution in [2.45, 2.75) is 26.2 Å². The molecule has 0 fully saturated rings. The Morgan fingerprint density at radius 3 is 0.871 bits per heavy atom. The highest BCUT2D eigenvalue weighted by atomic mass is 28.3. The molecule has 4 heteroatoms. The molecule has 0 radical (unpaired) electrons. The van der Waals surface area contributed by atoms with Crippen LogP contribution in [0.15, 0.2) is 231 Å². The molecule has 14 rings (SSSR count). The van der Waals surface area contributed by atoms with Gasteiger partial charge in [-0.2, -0.15) is 0 Å². The van der Waals surface area contributed by atoms with E-state index in [1.807, 2.05) is 0 Å². The van der Waals surface area contributed by atoms with E-state index >= 15 is 0 Å². The van der Waals surface area contributed by atoms with Crippen LogP contribution in [0.3, 0.4) is 0 Å². The Morgan fingerprint density at radius 2 is 0.543 bits per heavy atom. The molecule has 2 aliphatic heterocycles. The number of fused-ring (bicyclic) bond motifs is 8. The SMILES string of the molecule is C[Si]1(C)c2cc(N(c3cccc4ccccc34)c3cccc4ccccc34)ccc2-c2ccc3c4c(ccc1c24)[Si](C)(C)c1cc(N(c2cccc4ccccc24)c2cccc4ccccc24)ccc1-3. The highest BCUT2D eigenvalue weighted by Crippen LogP contribution is 2.47. The van der Waals surface area contributed by atoms with Crippen LogP contribution in [-0.4, -0.2) is 16.1 Å². The average molecular weight is 927 g/mol. The summed E-state index contributed by atoms with van der Waals surface area (Å²) in [7, 11) is -4.57. The Kier molecular flexibility index (Phi) is 8.92. The van der Waals surface area contributed by atoms with Gasteiger partial charge in [-0.1, -0.05) is 208 Å². The highest BCUT2D eigenvalue weighted by molar-refractivity contribution is 7.05. The minimum Gasteiger partial charge on any atom is -0.309 e. The fourth-order valence-electron chi connectivity index (χ4n) is 12.6. The largest absolute Gasteiger partial charge is 0.309 e. The molecule has 0 atom stereocenters. The Balaban J connectivity index is 0.952. The standard InChI is InChI=1S/C66H50N2Si2/c1-69(2)61-39-40-62-66-56(54-36-34-48(42-64(54)70(62,3)4)68(59-31-15-23-45-19-7-11-27-51(45)59)60-32-16-24-46-20-8-12-28-52(46)60)38-37-55(65(61)66)53-35-33-47(41-63(53)69)67(57-29-13-21-43-17-5-9-25-49(43)57)58-30-14-22-44-18-6-10-26-50(44)58/h5-42H,1-4H3. The summed E-state index contributed by atoms with van der Waals surface area (Å²) in [4.78, 5) is 5.04. The first-order valence-corrected chi connectivity index (χ1v) is 30.7. The molecule has 0 unspecified atom stereocenters. The minimum atomic E-state index is -2.28. The highest BCUT2D eigenvalue weighted by Gasteiger charge is 2.42. The van der Waals surface area contributed by atoms with Crippen molar-refractivity contribution in [1.82, 2.24) is 0 Å². The van der Waals surface area contributed by atoms with Gasteiger partial charge in [-0.3, -0.25) is 0 Å². The molecule has 0 aliphatic carbocycles. The second kappa shape index (κ2) is 15.2. The summed E-state index contributed by atoms with van der Waals surface area (Å²) in [6, 6.07) is 87.0. The number of rotatable bonds is 6. The van der Waals surface area contributed by atoms with E-state index in [0.29, 0.717) is 0 Å². The fourth-order valence-corrected chi connectivity index (χ4v) is 18.7. The summed E-state index contributed by atoms with van der Waals surface area (Å²) < 4.78 is 0. The van der Waals surface area contributed by atoms with Gasteiger partial charge < -0.3 is 9.80 Å². The molecular weight excluding hydrogens is 877 g/mol. The third-order valence-electron chi connectivity index (χ3n) is 16.0. The van der Waals surface area contributed by atoms with E-state index in [2.05, 4.69) is 267 Å². The minimum absolute atomic E-state index is 1.19. The summed E-state index contributed by atoms with van der Waals surface area (Å²) in [5.74, 6) is 0. The van der Waals surface area contributed by atoms with Crippen molar-refractivity contribution >= 4 is 125 Å². The van der Waals surface area contributed by atoms with Crippen molar-refractivity contribution in [3.63, 3.8) is 0 Å². The zero-order chi connectivity index (χ0) is 46.9. The molecule has 0 aromatic heterocycles. The summed E-state index contributed by atoms with van der Waals surface area (Å²) in [6.07, 6.45) is 0. The third kappa shape index (κ3) is 5.90. The first-order valence-electron chi connectivity index (χ1n) is 24.7. The van der Waals surface area contributed by atoms with Crippen molar-refractivity contribution in [2.24, 2.45) is 0 Å². The van der Waals surface area contributed by atoms with Gasteiger partial charge in [-0.05, 0) is 124 Å². The Hall–Kier alpha value is -8.03. The molecule has 0 saturated heterocycles. The topological polar surface area (TPSA) is 6.48 Å². The van der Waals surface area contributed by atoms with Gasteiger partial charge in [-0.25, -0.2) is 0 Å². The number of hydrogen-bond acceptors (Lipinski definition) is 2. The van der Waals surface area contributed by atoms with Crippen LogP contribution >= 0.6 is 0 Å². The molecule has 0 amide bonds. The molecule has 12 aromatic rings. The van der Waals surface area contributed by atoms with Crippen LogP contribution in [0.2, 0.25) is 26.2 Å². The maximum atomic E-state index is 2.59. The van der Waals surface area contributed by atoms with Gasteiger partial charge in [0.05, 0.1) is 22.7 Å². The van der Waals surface area contributed by atoms with Gasteiger partial charge >= 0.3 is 0 Å². The van der Waals surface area contributed by atoms with Crippen molar-refractivity contribution in [1.29, 1.82) is 0 Å². The summed E-state index contributed by atoms with van der Waals surface area (Å²) in [6.45, 7) is 10.3. The fraction of sp³-hybridized carbons (Fsp3) is 0.0606. The first-order chi connectivity index (χ1) is 34.3. The number of anilines is 6. The van der Waals surface area contributed by atoms with Crippen molar-refractivity contribution in [3.8, 4) is 22.3 Å². The molecule has 0 saturated carbocycles. The second-order valence-corrected chi connectivity index (χ2v) is 29.1. The Morgan fingerprint density at radius 1 is 0.257 bits per heavy atom. The zero-order valence-electron chi connectivity index (χ0n) is 39.8. The molecule has 0 N–H and O–H groups in total. The van der Waals surface area contributed by atoms with Crippen LogP contribution in [0.4, 0.5) is 34.1 Å². The van der Waals surface area contributed by atoms with E-state index < -0.39 is 16.1 Å². The lowest BCUT2D eigenvalue weighted by Gasteiger charge is -2.40. The summed E-state index contributed by atoms with van der Waals surface area (Å²) in [5, 5.41) is 18.9. The number of hydrogen-bond donors (Lipinski definition) is 0. The van der Waals surface area contributed by atoms with Gasteiger partial charge in [0.25, 0.3) is 0 Å². The van der Waals surface area contributed by atoms with E-state index in [4.69, 9.17) is 0 Å². The molecule has 0 spiro atoms. The van der Waals surface area contributed by atoms with Gasteiger partial charge in [0.1, 0.15) is 16.1 Å². The maximum absolute atomic E-state index is 2.59. The van der Waals surface area contributed by atoms with Crippen LogP contribution in [0.25, 0.3) is 76.1 Å². The molecule has 0 bridgehead atoms. The van der Waals surface area contributed by atoms with Gasteiger partial charge in [0.15, 0.2) is 0 Å². The lowest BCUT2D eigenvalue weighted by Crippen LogP contribution is -2.59. The zero-order valence-corrected chi connectivity index (χ0v) is 41.8. The van der Waals surface area contributed by atoms with Crippen LogP contribution in [0.1, 0.15) is 0 Å². The summed E-state index contributed by atoms with van der Waals surface area (Å²) in [5.41, 5.74) is 12.7. The lowest BCUT2D eigenvalue weighted by molar-refractivity contribution is 1.31. The van der Waals surface area contributed by atoms with Gasteiger partial charge in [-0.15, -0.1) is 0 Å². The predicted molar refractivity (Wildman–Crippen MR) is 308 cm³/mol. The number of nitrogens with zero attached hydrogens (tertiary/aromatic N) is 2. The predicted octanol–water partition coefficient (Wildman–Crippen LogP) is 16.0. The van der Waals surface area contributed by atoms with E-state index in [1.165, 1.54) is 131 Å². The molecule has 70 heavy (non-hydrogen) atoms. The molecule has 2 nitrogen and oxygen atoms in total.